The summed E-state index contributed by atoms with van der Waals surface area (Å²) in [5.74, 6) is 0.576. The molecule has 0 fully saturated rings. The molecule has 2 N–H and O–H groups in total. The Morgan fingerprint density at radius 3 is 2.74 bits per heavy atom. The molecule has 3 rings (SSSR count). The summed E-state index contributed by atoms with van der Waals surface area (Å²) in [7, 11) is 0. The molecule has 2 atom stereocenters. The summed E-state index contributed by atoms with van der Waals surface area (Å²) in [4.78, 5) is 0. The van der Waals surface area contributed by atoms with Gasteiger partial charge < -0.3 is 5.73 Å². The Kier molecular flexibility index (Phi) is 3.12. The van der Waals surface area contributed by atoms with E-state index >= 15 is 0 Å². The summed E-state index contributed by atoms with van der Waals surface area (Å²) in [5, 5.41) is 0.749. The Morgan fingerprint density at radius 1 is 1.16 bits per heavy atom. The van der Waals surface area contributed by atoms with Crippen molar-refractivity contribution in [3.63, 3.8) is 0 Å². The lowest BCUT2D eigenvalue weighted by Gasteiger charge is -2.39. The highest BCUT2D eigenvalue weighted by Crippen LogP contribution is 2.43. The molecule has 0 aliphatic heterocycles. The normalized spacial score (nSPS) is 25.9. The molecule has 0 aromatic heterocycles. The van der Waals surface area contributed by atoms with Gasteiger partial charge in [-0.3, -0.25) is 0 Å². The molecule has 0 spiro atoms. The average Bonchev–Trinajstić information content (AvgIpc) is 2.43. The van der Waals surface area contributed by atoms with Crippen molar-refractivity contribution in [1.82, 2.24) is 0 Å². The Morgan fingerprint density at radius 2 is 1.95 bits per heavy atom. The topological polar surface area (TPSA) is 26.0 Å². The van der Waals surface area contributed by atoms with E-state index in [0.717, 1.165) is 23.4 Å². The van der Waals surface area contributed by atoms with Crippen molar-refractivity contribution >= 4 is 11.6 Å². The van der Waals surface area contributed by atoms with Crippen molar-refractivity contribution in [2.45, 2.75) is 31.2 Å². The molecule has 0 amide bonds. The first-order valence-corrected chi connectivity index (χ1v) is 7.13. The molecular weight excluding hydrogens is 254 g/mol. The van der Waals surface area contributed by atoms with E-state index in [0.29, 0.717) is 5.92 Å². The van der Waals surface area contributed by atoms with Crippen molar-refractivity contribution in [2.75, 3.05) is 0 Å². The van der Waals surface area contributed by atoms with E-state index in [1.807, 2.05) is 18.2 Å². The van der Waals surface area contributed by atoms with Crippen LogP contribution in [0, 0.1) is 0 Å². The lowest BCUT2D eigenvalue weighted by molar-refractivity contribution is 0.412. The van der Waals surface area contributed by atoms with E-state index in [4.69, 9.17) is 17.3 Å². The van der Waals surface area contributed by atoms with Gasteiger partial charge in [-0.25, -0.2) is 0 Å². The number of nitrogens with two attached hydrogens (primary N) is 1. The minimum atomic E-state index is -0.409. The zero-order valence-electron chi connectivity index (χ0n) is 11.1. The van der Waals surface area contributed by atoms with E-state index < -0.39 is 5.54 Å². The first-order chi connectivity index (χ1) is 9.11. The average molecular weight is 272 g/mol. The zero-order chi connectivity index (χ0) is 13.5. The summed E-state index contributed by atoms with van der Waals surface area (Å²) >= 11 is 6.13. The van der Waals surface area contributed by atoms with Gasteiger partial charge in [-0.1, -0.05) is 54.9 Å². The highest BCUT2D eigenvalue weighted by molar-refractivity contribution is 6.30. The fraction of sp³-hybridized carbons (Fsp3) is 0.294. The second-order valence-electron chi connectivity index (χ2n) is 5.51. The number of halogens is 1. The molecule has 0 saturated heterocycles. The Hall–Kier alpha value is -1.31. The minimum absolute atomic E-state index is 0.409. The highest BCUT2D eigenvalue weighted by atomic mass is 35.5. The van der Waals surface area contributed by atoms with Gasteiger partial charge >= 0.3 is 0 Å². The number of hydrogen-bond acceptors (Lipinski definition) is 1. The molecule has 1 aliphatic rings. The highest BCUT2D eigenvalue weighted by Gasteiger charge is 2.36. The molecule has 0 bridgehead atoms. The number of rotatable bonds is 1. The Bertz CT molecular complexity index is 608. The molecule has 98 valence electrons. The molecule has 19 heavy (non-hydrogen) atoms. The third-order valence-electron chi connectivity index (χ3n) is 4.28. The quantitative estimate of drug-likeness (QED) is 0.815. The summed E-state index contributed by atoms with van der Waals surface area (Å²) in [6, 6.07) is 16.5. The Balaban J connectivity index is 2.18. The van der Waals surface area contributed by atoms with Crippen LogP contribution in [0.1, 0.15) is 42.4 Å². The van der Waals surface area contributed by atoms with Crippen LogP contribution in [0.15, 0.2) is 48.5 Å². The first kappa shape index (κ1) is 12.7. The fourth-order valence-corrected chi connectivity index (χ4v) is 3.32. The molecule has 0 heterocycles. The van der Waals surface area contributed by atoms with Crippen LogP contribution in [-0.2, 0) is 5.54 Å². The zero-order valence-corrected chi connectivity index (χ0v) is 11.8. The molecule has 2 aromatic carbocycles. The van der Waals surface area contributed by atoms with Crippen LogP contribution in [0.4, 0.5) is 0 Å². The molecule has 0 radical (unpaired) electrons. The van der Waals surface area contributed by atoms with Crippen LogP contribution in [-0.4, -0.2) is 0 Å². The number of hydrogen-bond donors (Lipinski definition) is 1. The predicted molar refractivity (Wildman–Crippen MR) is 80.5 cm³/mol. The molecule has 1 nitrogen and oxygen atoms in total. The van der Waals surface area contributed by atoms with E-state index in [1.54, 1.807) is 0 Å². The molecular formula is C17H18ClN. The van der Waals surface area contributed by atoms with Crippen molar-refractivity contribution in [3.05, 3.63) is 70.2 Å². The van der Waals surface area contributed by atoms with Crippen LogP contribution in [0.5, 0.6) is 0 Å². The minimum Gasteiger partial charge on any atom is -0.318 e. The standard InChI is InChI=1S/C17H18ClN/c1-12-9-10-17(19,13-5-4-6-14(18)11-13)16-8-3-2-7-15(12)16/h2-8,11-12H,9-10,19H2,1H3. The van der Waals surface area contributed by atoms with Crippen LogP contribution in [0.2, 0.25) is 5.02 Å². The summed E-state index contributed by atoms with van der Waals surface area (Å²) < 4.78 is 0. The van der Waals surface area contributed by atoms with Gasteiger partial charge in [0.15, 0.2) is 0 Å². The summed E-state index contributed by atoms with van der Waals surface area (Å²) in [6.45, 7) is 2.27. The Labute approximate surface area is 119 Å². The number of fused-ring (bicyclic) bond motifs is 1. The van der Waals surface area contributed by atoms with E-state index in [1.165, 1.54) is 11.1 Å². The maximum absolute atomic E-state index is 6.76. The molecule has 0 saturated carbocycles. The van der Waals surface area contributed by atoms with E-state index in [2.05, 4.69) is 37.3 Å². The third-order valence-corrected chi connectivity index (χ3v) is 4.52. The summed E-state index contributed by atoms with van der Waals surface area (Å²) in [6.07, 6.45) is 2.07. The SMILES string of the molecule is CC1CCC(N)(c2cccc(Cl)c2)c2ccccc21. The van der Waals surface area contributed by atoms with Crippen molar-refractivity contribution in [3.8, 4) is 0 Å². The van der Waals surface area contributed by atoms with Gasteiger partial charge in [0.05, 0.1) is 5.54 Å². The molecule has 2 aromatic rings. The first-order valence-electron chi connectivity index (χ1n) is 6.75. The van der Waals surface area contributed by atoms with Gasteiger partial charge in [-0.05, 0) is 47.6 Å². The fourth-order valence-electron chi connectivity index (χ4n) is 3.13. The van der Waals surface area contributed by atoms with Crippen LogP contribution < -0.4 is 5.73 Å². The predicted octanol–water partition coefficient (Wildman–Crippen LogP) is 4.44. The van der Waals surface area contributed by atoms with Gasteiger partial charge in [0.2, 0.25) is 0 Å². The third kappa shape index (κ3) is 2.07. The largest absolute Gasteiger partial charge is 0.318 e. The molecule has 1 aliphatic carbocycles. The van der Waals surface area contributed by atoms with Crippen LogP contribution >= 0.6 is 11.6 Å². The van der Waals surface area contributed by atoms with Crippen molar-refractivity contribution < 1.29 is 0 Å². The van der Waals surface area contributed by atoms with Crippen molar-refractivity contribution in [2.24, 2.45) is 5.73 Å². The van der Waals surface area contributed by atoms with Gasteiger partial charge in [-0.2, -0.15) is 0 Å². The van der Waals surface area contributed by atoms with Gasteiger partial charge in [0.25, 0.3) is 0 Å². The second kappa shape index (κ2) is 4.66. The van der Waals surface area contributed by atoms with E-state index in [-0.39, 0.29) is 0 Å². The number of benzene rings is 2. The molecule has 2 heteroatoms. The lowest BCUT2D eigenvalue weighted by Crippen LogP contribution is -2.41. The second-order valence-corrected chi connectivity index (χ2v) is 5.95. The van der Waals surface area contributed by atoms with Gasteiger partial charge in [0.1, 0.15) is 0 Å². The molecule has 2 unspecified atom stereocenters. The smallest absolute Gasteiger partial charge is 0.0669 e. The lowest BCUT2D eigenvalue weighted by atomic mass is 9.70. The van der Waals surface area contributed by atoms with E-state index in [9.17, 15) is 0 Å². The van der Waals surface area contributed by atoms with Gasteiger partial charge in [-0.15, -0.1) is 0 Å². The van der Waals surface area contributed by atoms with Gasteiger partial charge in [0, 0.05) is 5.02 Å². The maximum Gasteiger partial charge on any atom is 0.0669 e. The monoisotopic (exact) mass is 271 g/mol. The van der Waals surface area contributed by atoms with Crippen LogP contribution in [0.25, 0.3) is 0 Å². The summed E-state index contributed by atoms with van der Waals surface area (Å²) in [5.41, 5.74) is 10.1. The van der Waals surface area contributed by atoms with Crippen LogP contribution in [0.3, 0.4) is 0 Å². The van der Waals surface area contributed by atoms with Crippen molar-refractivity contribution in [1.29, 1.82) is 0 Å². The maximum atomic E-state index is 6.76.